The highest BCUT2D eigenvalue weighted by atomic mass is 35.5. The van der Waals surface area contributed by atoms with Gasteiger partial charge in [0, 0.05) is 27.5 Å². The van der Waals surface area contributed by atoms with Crippen LogP contribution in [0.2, 0.25) is 5.02 Å². The van der Waals surface area contributed by atoms with Crippen molar-refractivity contribution >= 4 is 17.4 Å². The lowest BCUT2D eigenvalue weighted by Crippen LogP contribution is -2.46. The van der Waals surface area contributed by atoms with E-state index in [0.29, 0.717) is 5.02 Å². The molecule has 5 rings (SSSR count). The van der Waals surface area contributed by atoms with Gasteiger partial charge in [0.25, 0.3) is 0 Å². The van der Waals surface area contributed by atoms with Crippen LogP contribution in [-0.4, -0.2) is 15.6 Å². The highest BCUT2D eigenvalue weighted by Gasteiger charge is 2.50. The molecule has 31 heavy (non-hydrogen) atoms. The normalized spacial score (nSPS) is 24.7. The van der Waals surface area contributed by atoms with Crippen LogP contribution in [0.4, 0.5) is 0 Å². The van der Waals surface area contributed by atoms with Crippen LogP contribution >= 0.6 is 11.6 Å². The van der Waals surface area contributed by atoms with Gasteiger partial charge in [0.05, 0.1) is 22.6 Å². The van der Waals surface area contributed by atoms with Crippen molar-refractivity contribution < 1.29 is 4.79 Å². The minimum absolute atomic E-state index is 0.0470. The summed E-state index contributed by atoms with van der Waals surface area (Å²) < 4.78 is 1.99. The Morgan fingerprint density at radius 3 is 2.55 bits per heavy atom. The van der Waals surface area contributed by atoms with Crippen LogP contribution in [0.5, 0.6) is 0 Å². The number of benzene rings is 2. The van der Waals surface area contributed by atoms with Crippen LogP contribution in [-0.2, 0) is 16.6 Å². The first-order valence-corrected chi connectivity index (χ1v) is 10.9. The number of rotatable bonds is 2. The molecule has 0 amide bonds. The molecule has 0 unspecified atom stereocenters. The number of carbonyl (C=O) groups is 1. The third-order valence-electron chi connectivity index (χ3n) is 6.93. The summed E-state index contributed by atoms with van der Waals surface area (Å²) in [6.07, 6.45) is 3.62. The van der Waals surface area contributed by atoms with Gasteiger partial charge in [-0.1, -0.05) is 61.9 Å². The second kappa shape index (κ2) is 7.21. The quantitative estimate of drug-likeness (QED) is 0.528. The van der Waals surface area contributed by atoms with E-state index >= 15 is 0 Å². The van der Waals surface area contributed by atoms with E-state index in [9.17, 15) is 10.1 Å². The zero-order valence-electron chi connectivity index (χ0n) is 17.5. The van der Waals surface area contributed by atoms with Gasteiger partial charge in [-0.3, -0.25) is 4.79 Å². The minimum atomic E-state index is -0.467. The molecule has 5 heteroatoms. The Morgan fingerprint density at radius 2 is 1.87 bits per heavy atom. The van der Waals surface area contributed by atoms with Crippen LogP contribution < -0.4 is 0 Å². The van der Waals surface area contributed by atoms with Crippen molar-refractivity contribution in [3.63, 3.8) is 0 Å². The van der Waals surface area contributed by atoms with Crippen LogP contribution in [0, 0.1) is 23.2 Å². The number of ketones is 1. The molecule has 3 atom stereocenters. The van der Waals surface area contributed by atoms with Gasteiger partial charge in [-0.15, -0.1) is 0 Å². The van der Waals surface area contributed by atoms with Gasteiger partial charge in [0.15, 0.2) is 5.78 Å². The summed E-state index contributed by atoms with van der Waals surface area (Å²) in [6, 6.07) is 20.0. The maximum atomic E-state index is 12.8. The average molecular weight is 428 g/mol. The number of fused-ring (bicyclic) bond motifs is 3. The predicted octanol–water partition coefficient (Wildman–Crippen LogP) is 5.68. The molecule has 0 bridgehead atoms. The van der Waals surface area contributed by atoms with Crippen LogP contribution in [0.1, 0.15) is 31.5 Å². The van der Waals surface area contributed by atoms with Crippen LogP contribution in [0.15, 0.2) is 66.2 Å². The summed E-state index contributed by atoms with van der Waals surface area (Å²) in [4.78, 5) is 12.8. The smallest absolute Gasteiger partial charge is 0.176 e. The van der Waals surface area contributed by atoms with E-state index in [2.05, 4.69) is 25.1 Å². The Hall–Kier alpha value is -3.16. The van der Waals surface area contributed by atoms with Gasteiger partial charge in [0.2, 0.25) is 0 Å². The number of halogens is 1. The highest BCUT2D eigenvalue weighted by molar-refractivity contribution is 6.30. The van der Waals surface area contributed by atoms with Crippen molar-refractivity contribution in [1.82, 2.24) is 9.78 Å². The molecule has 0 saturated carbocycles. The van der Waals surface area contributed by atoms with Gasteiger partial charge in [-0.25, -0.2) is 4.68 Å². The SMILES string of the molecule is C[C@H]1C(=O)C(C#N)=C[C@@]2(C)c3c(c(-c4ccccc4)nn3-c3ccc(Cl)cc3)CC[C@H]12. The Balaban J connectivity index is 1.82. The highest BCUT2D eigenvalue weighted by Crippen LogP contribution is 2.52. The van der Waals surface area contributed by atoms with E-state index in [4.69, 9.17) is 16.7 Å². The molecular weight excluding hydrogens is 406 g/mol. The first-order valence-electron chi connectivity index (χ1n) is 10.5. The summed E-state index contributed by atoms with van der Waals surface area (Å²) in [5, 5.41) is 15.4. The number of nitriles is 1. The molecule has 1 heterocycles. The maximum absolute atomic E-state index is 12.8. The van der Waals surface area contributed by atoms with E-state index in [1.54, 1.807) is 0 Å². The summed E-state index contributed by atoms with van der Waals surface area (Å²) in [7, 11) is 0. The number of aromatic nitrogens is 2. The van der Waals surface area contributed by atoms with Crippen molar-refractivity contribution in [2.24, 2.45) is 11.8 Å². The molecule has 154 valence electrons. The summed E-state index contributed by atoms with van der Waals surface area (Å²) in [5.74, 6) is -0.128. The lowest BCUT2D eigenvalue weighted by atomic mass is 9.57. The third-order valence-corrected chi connectivity index (χ3v) is 7.19. The monoisotopic (exact) mass is 427 g/mol. The number of carbonyl (C=O) groups excluding carboxylic acids is 1. The molecule has 3 aromatic rings. The van der Waals surface area contributed by atoms with Gasteiger partial charge in [-0.2, -0.15) is 10.4 Å². The predicted molar refractivity (Wildman–Crippen MR) is 121 cm³/mol. The Bertz CT molecular complexity index is 1250. The number of hydrogen-bond acceptors (Lipinski definition) is 3. The Kier molecular flexibility index (Phi) is 4.60. The molecule has 4 nitrogen and oxygen atoms in total. The molecule has 0 fully saturated rings. The Labute approximate surface area is 186 Å². The molecular formula is C26H22ClN3O. The third kappa shape index (κ3) is 2.96. The molecule has 0 N–H and O–H groups in total. The minimum Gasteiger partial charge on any atom is -0.293 e. The lowest BCUT2D eigenvalue weighted by Gasteiger charge is -2.45. The molecule has 0 spiro atoms. The van der Waals surface area contributed by atoms with Crippen molar-refractivity contribution in [2.75, 3.05) is 0 Å². The number of nitrogens with zero attached hydrogens (tertiary/aromatic N) is 3. The summed E-state index contributed by atoms with van der Waals surface area (Å²) in [5.41, 5.74) is 4.99. The van der Waals surface area contributed by atoms with Gasteiger partial charge >= 0.3 is 0 Å². The first-order chi connectivity index (χ1) is 14.9. The van der Waals surface area contributed by atoms with Crippen LogP contribution in [0.3, 0.4) is 0 Å². The fourth-order valence-corrected chi connectivity index (χ4v) is 5.57. The van der Waals surface area contributed by atoms with Gasteiger partial charge in [-0.05, 0) is 43.0 Å². The molecule has 0 aliphatic heterocycles. The van der Waals surface area contributed by atoms with Crippen molar-refractivity contribution in [2.45, 2.75) is 32.1 Å². The van der Waals surface area contributed by atoms with Crippen LogP contribution in [0.25, 0.3) is 16.9 Å². The zero-order chi connectivity index (χ0) is 21.8. The molecule has 1 aromatic heterocycles. The van der Waals surface area contributed by atoms with Gasteiger partial charge in [0.1, 0.15) is 6.07 Å². The molecule has 2 aliphatic carbocycles. The largest absolute Gasteiger partial charge is 0.293 e. The average Bonchev–Trinajstić information content (AvgIpc) is 3.18. The molecule has 0 saturated heterocycles. The fraction of sp³-hybridized carbons (Fsp3) is 0.269. The number of Topliss-reactive ketones (excluding diaryl/α,β-unsaturated/α-hetero) is 1. The Morgan fingerprint density at radius 1 is 1.16 bits per heavy atom. The standard InChI is InChI=1S/C26H22ClN3O/c1-16-22-13-12-21-23(17-6-4-3-5-7-17)29-30(20-10-8-19(27)9-11-20)25(21)26(22,2)14-18(15-28)24(16)31/h3-11,14,16,22H,12-13H2,1-2H3/t16-,22-,26-/m1/s1. The van der Waals surface area contributed by atoms with Crippen molar-refractivity contribution in [1.29, 1.82) is 5.26 Å². The topological polar surface area (TPSA) is 58.7 Å². The lowest BCUT2D eigenvalue weighted by molar-refractivity contribution is -0.121. The van der Waals surface area contributed by atoms with E-state index in [1.165, 1.54) is 5.56 Å². The summed E-state index contributed by atoms with van der Waals surface area (Å²) in [6.45, 7) is 4.11. The van der Waals surface area contributed by atoms with Crippen molar-refractivity contribution in [3.05, 3.63) is 82.5 Å². The van der Waals surface area contributed by atoms with Crippen molar-refractivity contribution in [3.8, 4) is 23.0 Å². The molecule has 2 aliphatic rings. The fourth-order valence-electron chi connectivity index (χ4n) is 5.44. The van der Waals surface area contributed by atoms with Gasteiger partial charge < -0.3 is 0 Å². The van der Waals surface area contributed by atoms with E-state index in [1.807, 2.05) is 60.1 Å². The second-order valence-electron chi connectivity index (χ2n) is 8.68. The zero-order valence-corrected chi connectivity index (χ0v) is 18.2. The number of allylic oxidation sites excluding steroid dienone is 2. The maximum Gasteiger partial charge on any atom is 0.176 e. The second-order valence-corrected chi connectivity index (χ2v) is 9.12. The van der Waals surface area contributed by atoms with E-state index in [0.717, 1.165) is 35.5 Å². The molecule has 2 aromatic carbocycles. The first kappa shape index (κ1) is 19.8. The summed E-state index contributed by atoms with van der Waals surface area (Å²) >= 11 is 6.14. The van der Waals surface area contributed by atoms with E-state index < -0.39 is 5.41 Å². The molecule has 0 radical (unpaired) electrons. The number of hydrogen-bond donors (Lipinski definition) is 0. The van der Waals surface area contributed by atoms with E-state index in [-0.39, 0.29) is 23.2 Å².